The van der Waals surface area contributed by atoms with E-state index in [1.165, 1.54) is 11.1 Å². The van der Waals surface area contributed by atoms with E-state index in [4.69, 9.17) is 4.74 Å². The number of carbonyl (C=O) groups is 1. The number of aliphatic hydroxyl groups is 1. The standard InChI is InChI=1S/C16H21NO3/c1-10-6-12-8-15(20-14(12)7-11(10)2)16(19)17-5-3-4-13(18)9-17/h6-7,13,15,18H,3-5,8-9H2,1-2H3. The number of hydrogen-bond donors (Lipinski definition) is 1. The van der Waals surface area contributed by atoms with Crippen molar-refractivity contribution in [1.29, 1.82) is 0 Å². The lowest BCUT2D eigenvalue weighted by atomic mass is 10.0. The molecule has 0 aromatic heterocycles. The summed E-state index contributed by atoms with van der Waals surface area (Å²) < 4.78 is 5.82. The molecular formula is C16H21NO3. The number of aryl methyl sites for hydroxylation is 2. The second kappa shape index (κ2) is 5.09. The molecule has 2 atom stereocenters. The summed E-state index contributed by atoms with van der Waals surface area (Å²) in [6, 6.07) is 4.13. The van der Waals surface area contributed by atoms with Crippen molar-refractivity contribution < 1.29 is 14.6 Å². The van der Waals surface area contributed by atoms with Gasteiger partial charge in [-0.25, -0.2) is 0 Å². The topological polar surface area (TPSA) is 49.8 Å². The van der Waals surface area contributed by atoms with Crippen LogP contribution < -0.4 is 4.74 Å². The average molecular weight is 275 g/mol. The summed E-state index contributed by atoms with van der Waals surface area (Å²) in [6.45, 7) is 5.29. The Bertz CT molecular complexity index is 510. The van der Waals surface area contributed by atoms with Gasteiger partial charge in [0.2, 0.25) is 0 Å². The first-order valence-electron chi connectivity index (χ1n) is 7.28. The van der Waals surface area contributed by atoms with Gasteiger partial charge >= 0.3 is 0 Å². The van der Waals surface area contributed by atoms with E-state index in [1.807, 2.05) is 6.07 Å². The molecule has 0 saturated carbocycles. The lowest BCUT2D eigenvalue weighted by Crippen LogP contribution is -2.47. The molecule has 2 aliphatic rings. The lowest BCUT2D eigenvalue weighted by molar-refractivity contribution is -0.141. The zero-order valence-corrected chi connectivity index (χ0v) is 12.1. The fourth-order valence-electron chi connectivity index (χ4n) is 3.01. The molecule has 1 amide bonds. The van der Waals surface area contributed by atoms with Crippen LogP contribution in [0, 0.1) is 13.8 Å². The molecule has 3 rings (SSSR count). The van der Waals surface area contributed by atoms with E-state index < -0.39 is 6.10 Å². The minimum absolute atomic E-state index is 0.00950. The van der Waals surface area contributed by atoms with Crippen molar-refractivity contribution in [3.8, 4) is 5.75 Å². The van der Waals surface area contributed by atoms with Crippen LogP contribution in [-0.2, 0) is 11.2 Å². The molecule has 0 radical (unpaired) electrons. The Balaban J connectivity index is 1.73. The predicted octanol–water partition coefficient (Wildman–Crippen LogP) is 1.59. The monoisotopic (exact) mass is 275 g/mol. The van der Waals surface area contributed by atoms with Gasteiger partial charge in [-0.05, 0) is 49.4 Å². The Morgan fingerprint density at radius 2 is 2.10 bits per heavy atom. The second-order valence-electron chi connectivity index (χ2n) is 5.94. The van der Waals surface area contributed by atoms with E-state index in [1.54, 1.807) is 4.90 Å². The van der Waals surface area contributed by atoms with E-state index in [-0.39, 0.29) is 12.0 Å². The summed E-state index contributed by atoms with van der Waals surface area (Å²) >= 11 is 0. The summed E-state index contributed by atoms with van der Waals surface area (Å²) in [7, 11) is 0. The number of β-amino-alcohol motifs (C(OH)–C–C–N with tert-alkyl or cyclic N) is 1. The molecule has 0 spiro atoms. The SMILES string of the molecule is Cc1cc2c(cc1C)OC(C(=O)N1CCCC(O)C1)C2. The fraction of sp³-hybridized carbons (Fsp3) is 0.562. The minimum Gasteiger partial charge on any atom is -0.480 e. The number of nitrogens with zero attached hydrogens (tertiary/aromatic N) is 1. The first kappa shape index (κ1) is 13.4. The van der Waals surface area contributed by atoms with Crippen molar-refractivity contribution in [2.45, 2.75) is 45.3 Å². The predicted molar refractivity (Wildman–Crippen MR) is 75.9 cm³/mol. The zero-order valence-electron chi connectivity index (χ0n) is 12.1. The van der Waals surface area contributed by atoms with Crippen molar-refractivity contribution in [1.82, 2.24) is 4.90 Å². The number of fused-ring (bicyclic) bond motifs is 1. The molecule has 1 N–H and O–H groups in total. The molecule has 20 heavy (non-hydrogen) atoms. The normalized spacial score (nSPS) is 25.2. The number of aliphatic hydroxyl groups excluding tert-OH is 1. The second-order valence-corrected chi connectivity index (χ2v) is 5.94. The summed E-state index contributed by atoms with van der Waals surface area (Å²) in [5.74, 6) is 0.847. The number of carbonyl (C=O) groups excluding carboxylic acids is 1. The molecule has 1 aromatic carbocycles. The Morgan fingerprint density at radius 3 is 2.85 bits per heavy atom. The summed E-state index contributed by atoms with van der Waals surface area (Å²) in [5.41, 5.74) is 3.53. The Kier molecular flexibility index (Phi) is 3.42. The van der Waals surface area contributed by atoms with Crippen molar-refractivity contribution in [3.05, 3.63) is 28.8 Å². The maximum Gasteiger partial charge on any atom is 0.264 e. The number of hydrogen-bond acceptors (Lipinski definition) is 3. The number of benzene rings is 1. The third kappa shape index (κ3) is 2.40. The maximum atomic E-state index is 12.5. The highest BCUT2D eigenvalue weighted by atomic mass is 16.5. The van der Waals surface area contributed by atoms with Gasteiger partial charge in [-0.1, -0.05) is 6.07 Å². The van der Waals surface area contributed by atoms with Crippen LogP contribution in [-0.4, -0.2) is 41.2 Å². The van der Waals surface area contributed by atoms with Gasteiger partial charge in [-0.3, -0.25) is 4.79 Å². The van der Waals surface area contributed by atoms with E-state index in [2.05, 4.69) is 19.9 Å². The molecule has 0 bridgehead atoms. The van der Waals surface area contributed by atoms with Crippen LogP contribution in [0.25, 0.3) is 0 Å². The molecule has 1 aromatic rings. The zero-order chi connectivity index (χ0) is 14.3. The molecule has 0 aliphatic carbocycles. The first-order chi connectivity index (χ1) is 9.54. The smallest absolute Gasteiger partial charge is 0.264 e. The molecule has 2 aliphatic heterocycles. The van der Waals surface area contributed by atoms with E-state index >= 15 is 0 Å². The Hall–Kier alpha value is -1.55. The van der Waals surface area contributed by atoms with Crippen LogP contribution >= 0.6 is 0 Å². The van der Waals surface area contributed by atoms with Crippen molar-refractivity contribution in [3.63, 3.8) is 0 Å². The van der Waals surface area contributed by atoms with Crippen LogP contribution in [0.15, 0.2) is 12.1 Å². The lowest BCUT2D eigenvalue weighted by Gasteiger charge is -2.31. The fourth-order valence-corrected chi connectivity index (χ4v) is 3.01. The summed E-state index contributed by atoms with van der Waals surface area (Å²) in [6.07, 6.45) is 1.48. The highest BCUT2D eigenvalue weighted by Gasteiger charge is 2.34. The van der Waals surface area contributed by atoms with Crippen LogP contribution in [0.2, 0.25) is 0 Å². The van der Waals surface area contributed by atoms with E-state index in [0.717, 1.165) is 30.7 Å². The maximum absolute atomic E-state index is 12.5. The quantitative estimate of drug-likeness (QED) is 0.847. The van der Waals surface area contributed by atoms with Crippen molar-refractivity contribution >= 4 is 5.91 Å². The van der Waals surface area contributed by atoms with Crippen molar-refractivity contribution in [2.75, 3.05) is 13.1 Å². The van der Waals surface area contributed by atoms with Crippen molar-refractivity contribution in [2.24, 2.45) is 0 Å². The molecule has 1 saturated heterocycles. The Labute approximate surface area is 119 Å². The van der Waals surface area contributed by atoms with E-state index in [9.17, 15) is 9.90 Å². The number of piperidine rings is 1. The molecular weight excluding hydrogens is 254 g/mol. The number of amides is 1. The van der Waals surface area contributed by atoms with E-state index in [0.29, 0.717) is 13.0 Å². The molecule has 4 nitrogen and oxygen atoms in total. The molecule has 4 heteroatoms. The Morgan fingerprint density at radius 1 is 1.35 bits per heavy atom. The number of rotatable bonds is 1. The number of ether oxygens (including phenoxy) is 1. The highest BCUT2D eigenvalue weighted by molar-refractivity contribution is 5.82. The van der Waals surface area contributed by atoms with Crippen LogP contribution in [0.1, 0.15) is 29.5 Å². The van der Waals surface area contributed by atoms with Gasteiger partial charge in [0, 0.05) is 19.5 Å². The minimum atomic E-state index is -0.420. The average Bonchev–Trinajstić information content (AvgIpc) is 2.81. The van der Waals surface area contributed by atoms with Crippen LogP contribution in [0.3, 0.4) is 0 Å². The van der Waals surface area contributed by atoms with Crippen LogP contribution in [0.5, 0.6) is 5.75 Å². The highest BCUT2D eigenvalue weighted by Crippen LogP contribution is 2.32. The van der Waals surface area contributed by atoms with Gasteiger partial charge < -0.3 is 14.7 Å². The summed E-state index contributed by atoms with van der Waals surface area (Å²) in [5, 5.41) is 9.68. The van der Waals surface area contributed by atoms with Gasteiger partial charge in [0.15, 0.2) is 6.10 Å². The summed E-state index contributed by atoms with van der Waals surface area (Å²) in [4.78, 5) is 14.2. The van der Waals surface area contributed by atoms with Crippen LogP contribution in [0.4, 0.5) is 0 Å². The van der Waals surface area contributed by atoms with Gasteiger partial charge in [0.05, 0.1) is 6.10 Å². The van der Waals surface area contributed by atoms with Gasteiger partial charge in [0.25, 0.3) is 5.91 Å². The molecule has 108 valence electrons. The largest absolute Gasteiger partial charge is 0.480 e. The first-order valence-corrected chi connectivity index (χ1v) is 7.28. The third-order valence-electron chi connectivity index (χ3n) is 4.33. The van der Waals surface area contributed by atoms with Gasteiger partial charge in [-0.15, -0.1) is 0 Å². The number of likely N-dealkylation sites (tertiary alicyclic amines) is 1. The van der Waals surface area contributed by atoms with Gasteiger partial charge in [-0.2, -0.15) is 0 Å². The third-order valence-corrected chi connectivity index (χ3v) is 4.33. The molecule has 2 unspecified atom stereocenters. The molecule has 1 fully saturated rings. The molecule has 2 heterocycles. The van der Waals surface area contributed by atoms with Gasteiger partial charge in [0.1, 0.15) is 5.75 Å².